The van der Waals surface area contributed by atoms with Crippen molar-refractivity contribution in [3.63, 3.8) is 0 Å². The maximum atomic E-state index is 12.4. The van der Waals surface area contributed by atoms with Gasteiger partial charge in [0.25, 0.3) is 5.91 Å². The van der Waals surface area contributed by atoms with Gasteiger partial charge in [0.1, 0.15) is 0 Å². The monoisotopic (exact) mass is 284 g/mol. The SMILES string of the molecule is Cc1ccc(C(=O)NC2CCCCC2C)cc1C#CCN. The van der Waals surface area contributed by atoms with Gasteiger partial charge in [-0.1, -0.05) is 37.7 Å². The predicted molar refractivity (Wildman–Crippen MR) is 86.0 cm³/mol. The Bertz CT molecular complexity index is 568. The Morgan fingerprint density at radius 2 is 2.14 bits per heavy atom. The largest absolute Gasteiger partial charge is 0.349 e. The molecule has 1 saturated carbocycles. The maximum absolute atomic E-state index is 12.4. The van der Waals surface area contributed by atoms with Gasteiger partial charge >= 0.3 is 0 Å². The van der Waals surface area contributed by atoms with E-state index in [4.69, 9.17) is 5.73 Å². The summed E-state index contributed by atoms with van der Waals surface area (Å²) >= 11 is 0. The topological polar surface area (TPSA) is 55.1 Å². The van der Waals surface area contributed by atoms with E-state index in [1.54, 1.807) is 0 Å². The molecule has 2 unspecified atom stereocenters. The number of hydrogen-bond acceptors (Lipinski definition) is 2. The van der Waals surface area contributed by atoms with E-state index in [2.05, 4.69) is 24.1 Å². The molecule has 1 aliphatic carbocycles. The number of carbonyl (C=O) groups is 1. The van der Waals surface area contributed by atoms with Crippen LogP contribution in [-0.4, -0.2) is 18.5 Å². The molecular weight excluding hydrogens is 260 g/mol. The van der Waals surface area contributed by atoms with Crippen molar-refractivity contribution in [2.45, 2.75) is 45.6 Å². The zero-order valence-corrected chi connectivity index (χ0v) is 12.9. The number of nitrogens with one attached hydrogen (secondary N) is 1. The molecule has 1 aliphatic rings. The number of benzene rings is 1. The summed E-state index contributed by atoms with van der Waals surface area (Å²) in [5.74, 6) is 6.44. The van der Waals surface area contributed by atoms with Crippen LogP contribution < -0.4 is 11.1 Å². The van der Waals surface area contributed by atoms with Crippen molar-refractivity contribution in [3.8, 4) is 11.8 Å². The first-order chi connectivity index (χ1) is 10.1. The van der Waals surface area contributed by atoms with E-state index in [-0.39, 0.29) is 5.91 Å². The van der Waals surface area contributed by atoms with Crippen LogP contribution in [0.15, 0.2) is 18.2 Å². The minimum Gasteiger partial charge on any atom is -0.349 e. The second-order valence-electron chi connectivity index (χ2n) is 5.88. The van der Waals surface area contributed by atoms with Crippen LogP contribution in [0.2, 0.25) is 0 Å². The Hall–Kier alpha value is -1.79. The van der Waals surface area contributed by atoms with Gasteiger partial charge < -0.3 is 11.1 Å². The Morgan fingerprint density at radius 1 is 1.38 bits per heavy atom. The highest BCUT2D eigenvalue weighted by molar-refractivity contribution is 5.94. The molecular formula is C18H24N2O. The fraction of sp³-hybridized carbons (Fsp3) is 0.500. The smallest absolute Gasteiger partial charge is 0.251 e. The lowest BCUT2D eigenvalue weighted by Crippen LogP contribution is -2.41. The summed E-state index contributed by atoms with van der Waals surface area (Å²) in [6.07, 6.45) is 4.76. The number of aryl methyl sites for hydroxylation is 1. The van der Waals surface area contributed by atoms with Crippen LogP contribution in [0.4, 0.5) is 0 Å². The van der Waals surface area contributed by atoms with Gasteiger partial charge in [0, 0.05) is 17.2 Å². The van der Waals surface area contributed by atoms with E-state index in [0.29, 0.717) is 24.1 Å². The minimum atomic E-state index is 0.00421. The molecule has 1 fully saturated rings. The van der Waals surface area contributed by atoms with Gasteiger partial charge in [-0.05, 0) is 43.4 Å². The second kappa shape index (κ2) is 7.28. The van der Waals surface area contributed by atoms with Crippen LogP contribution in [-0.2, 0) is 0 Å². The van der Waals surface area contributed by atoms with Gasteiger partial charge in [0.2, 0.25) is 0 Å². The molecule has 112 valence electrons. The lowest BCUT2D eigenvalue weighted by atomic mass is 9.86. The van der Waals surface area contributed by atoms with Crippen LogP contribution in [0.3, 0.4) is 0 Å². The first-order valence-corrected chi connectivity index (χ1v) is 7.72. The Labute approximate surface area is 127 Å². The normalized spacial score (nSPS) is 21.3. The highest BCUT2D eigenvalue weighted by Crippen LogP contribution is 2.24. The molecule has 0 radical (unpaired) electrons. The highest BCUT2D eigenvalue weighted by Gasteiger charge is 2.23. The van der Waals surface area contributed by atoms with Crippen LogP contribution in [0.1, 0.15) is 54.1 Å². The second-order valence-corrected chi connectivity index (χ2v) is 5.88. The van der Waals surface area contributed by atoms with Crippen LogP contribution in [0.5, 0.6) is 0 Å². The molecule has 0 bridgehead atoms. The fourth-order valence-electron chi connectivity index (χ4n) is 2.83. The van der Waals surface area contributed by atoms with Crippen molar-refractivity contribution < 1.29 is 4.79 Å². The van der Waals surface area contributed by atoms with Crippen LogP contribution in [0, 0.1) is 24.7 Å². The lowest BCUT2D eigenvalue weighted by molar-refractivity contribution is 0.0910. The van der Waals surface area contributed by atoms with Crippen molar-refractivity contribution in [1.82, 2.24) is 5.32 Å². The van der Waals surface area contributed by atoms with Gasteiger partial charge in [0.05, 0.1) is 6.54 Å². The van der Waals surface area contributed by atoms with Gasteiger partial charge in [0.15, 0.2) is 0 Å². The summed E-state index contributed by atoms with van der Waals surface area (Å²) in [6.45, 7) is 4.54. The first-order valence-electron chi connectivity index (χ1n) is 7.72. The molecule has 3 N–H and O–H groups in total. The number of carbonyl (C=O) groups excluding carboxylic acids is 1. The number of nitrogens with two attached hydrogens (primary N) is 1. The molecule has 1 aromatic rings. The Kier molecular flexibility index (Phi) is 5.41. The van der Waals surface area contributed by atoms with E-state index >= 15 is 0 Å². The predicted octanol–water partition coefficient (Wildman–Crippen LogP) is 2.61. The zero-order valence-electron chi connectivity index (χ0n) is 12.9. The molecule has 0 aromatic heterocycles. The van der Waals surface area contributed by atoms with Crippen LogP contribution >= 0.6 is 0 Å². The van der Waals surface area contributed by atoms with E-state index < -0.39 is 0 Å². The van der Waals surface area contributed by atoms with Gasteiger partial charge in [-0.3, -0.25) is 4.79 Å². The molecule has 1 amide bonds. The van der Waals surface area contributed by atoms with Crippen molar-refractivity contribution in [2.24, 2.45) is 11.7 Å². The standard InChI is InChI=1S/C18H24N2O/c1-13-9-10-16(12-15(13)7-5-11-19)18(21)20-17-8-4-3-6-14(17)2/h9-10,12,14,17H,3-4,6,8,11,19H2,1-2H3,(H,20,21). The summed E-state index contributed by atoms with van der Waals surface area (Å²) in [7, 11) is 0. The van der Waals surface area contributed by atoms with Gasteiger partial charge in [-0.2, -0.15) is 0 Å². The van der Waals surface area contributed by atoms with E-state index in [1.165, 1.54) is 19.3 Å². The summed E-state index contributed by atoms with van der Waals surface area (Å²) in [5, 5.41) is 3.18. The third-order valence-electron chi connectivity index (χ3n) is 4.25. The number of hydrogen-bond donors (Lipinski definition) is 2. The zero-order chi connectivity index (χ0) is 15.2. The highest BCUT2D eigenvalue weighted by atomic mass is 16.1. The molecule has 0 spiro atoms. The third-order valence-corrected chi connectivity index (χ3v) is 4.25. The van der Waals surface area contributed by atoms with Gasteiger partial charge in [-0.25, -0.2) is 0 Å². The van der Waals surface area contributed by atoms with E-state index in [0.717, 1.165) is 17.5 Å². The fourth-order valence-corrected chi connectivity index (χ4v) is 2.83. The van der Waals surface area contributed by atoms with Crippen molar-refractivity contribution >= 4 is 5.91 Å². The molecule has 3 nitrogen and oxygen atoms in total. The average Bonchev–Trinajstić information content (AvgIpc) is 2.48. The van der Waals surface area contributed by atoms with Crippen molar-refractivity contribution in [1.29, 1.82) is 0 Å². The minimum absolute atomic E-state index is 0.00421. The Morgan fingerprint density at radius 3 is 2.86 bits per heavy atom. The Balaban J connectivity index is 2.11. The number of amides is 1. The molecule has 0 heterocycles. The molecule has 21 heavy (non-hydrogen) atoms. The maximum Gasteiger partial charge on any atom is 0.251 e. The van der Waals surface area contributed by atoms with E-state index in [1.807, 2.05) is 25.1 Å². The molecule has 1 aromatic carbocycles. The van der Waals surface area contributed by atoms with Gasteiger partial charge in [-0.15, -0.1) is 0 Å². The molecule has 2 rings (SSSR count). The molecule has 0 aliphatic heterocycles. The third kappa shape index (κ3) is 4.09. The van der Waals surface area contributed by atoms with Crippen molar-refractivity contribution in [2.75, 3.05) is 6.54 Å². The number of rotatable bonds is 2. The summed E-state index contributed by atoms with van der Waals surface area (Å²) in [4.78, 5) is 12.4. The molecule has 3 heteroatoms. The van der Waals surface area contributed by atoms with Crippen LogP contribution in [0.25, 0.3) is 0 Å². The molecule has 0 saturated heterocycles. The van der Waals surface area contributed by atoms with E-state index in [9.17, 15) is 4.79 Å². The summed E-state index contributed by atoms with van der Waals surface area (Å²) < 4.78 is 0. The average molecular weight is 284 g/mol. The quantitative estimate of drug-likeness (QED) is 0.820. The summed E-state index contributed by atoms with van der Waals surface area (Å²) in [5.41, 5.74) is 8.04. The lowest BCUT2D eigenvalue weighted by Gasteiger charge is -2.29. The first kappa shape index (κ1) is 15.6. The van der Waals surface area contributed by atoms with Crippen molar-refractivity contribution in [3.05, 3.63) is 34.9 Å². The summed E-state index contributed by atoms with van der Waals surface area (Å²) in [6, 6.07) is 5.97. The molecule has 2 atom stereocenters.